The smallest absolute Gasteiger partial charge is 0.305 e. The zero-order valence-electron chi connectivity index (χ0n) is 9.38. The van der Waals surface area contributed by atoms with Gasteiger partial charge in [-0.1, -0.05) is 42.6 Å². The molecule has 0 aliphatic carbocycles. The highest BCUT2D eigenvalue weighted by molar-refractivity contribution is 9.09. The molecule has 0 aliphatic rings. The summed E-state index contributed by atoms with van der Waals surface area (Å²) in [5.41, 5.74) is 0. The van der Waals surface area contributed by atoms with Crippen molar-refractivity contribution >= 4 is 21.9 Å². The fourth-order valence-electron chi connectivity index (χ4n) is 1.36. The molecule has 0 aliphatic heterocycles. The van der Waals surface area contributed by atoms with Crippen LogP contribution in [0.2, 0.25) is 0 Å². The van der Waals surface area contributed by atoms with E-state index in [0.29, 0.717) is 12.3 Å². The van der Waals surface area contributed by atoms with Crippen molar-refractivity contribution in [2.24, 2.45) is 11.8 Å². The number of carbonyl (C=O) groups is 1. The summed E-state index contributed by atoms with van der Waals surface area (Å²) in [7, 11) is 1.45. The van der Waals surface area contributed by atoms with Gasteiger partial charge in [0.2, 0.25) is 0 Å². The molecule has 0 saturated heterocycles. The molecule has 0 saturated carbocycles. The van der Waals surface area contributed by atoms with Gasteiger partial charge in [0.1, 0.15) is 0 Å². The first-order valence-electron chi connectivity index (χ1n) is 5.23. The number of halogens is 1. The van der Waals surface area contributed by atoms with Crippen LogP contribution < -0.4 is 0 Å². The van der Waals surface area contributed by atoms with E-state index < -0.39 is 0 Å². The Bertz CT molecular complexity index is 159. The summed E-state index contributed by atoms with van der Waals surface area (Å²) in [6, 6.07) is 0. The summed E-state index contributed by atoms with van der Waals surface area (Å²) in [6.07, 6.45) is 4.10. The fraction of sp³-hybridized carbons (Fsp3) is 0.909. The van der Waals surface area contributed by atoms with Crippen molar-refractivity contribution in [1.82, 2.24) is 0 Å². The maximum absolute atomic E-state index is 10.9. The van der Waals surface area contributed by atoms with E-state index in [1.54, 1.807) is 0 Å². The quantitative estimate of drug-likeness (QED) is 0.521. The van der Waals surface area contributed by atoms with Gasteiger partial charge in [-0.05, 0) is 18.3 Å². The van der Waals surface area contributed by atoms with Crippen LogP contribution >= 0.6 is 15.9 Å². The molecule has 2 nitrogen and oxygen atoms in total. The molecule has 0 N–H and O–H groups in total. The first-order chi connectivity index (χ1) is 6.60. The standard InChI is InChI=1S/C11H21BrO2/c1-9(7-11(13)14-3)5-4-6-10(2)8-12/h9-10H,4-8H2,1-3H3/t9-,10+/m1/s1. The first-order valence-corrected chi connectivity index (χ1v) is 6.35. The number of carbonyl (C=O) groups excluding carboxylic acids is 1. The lowest BCUT2D eigenvalue weighted by Gasteiger charge is -2.11. The van der Waals surface area contributed by atoms with Crippen LogP contribution in [0, 0.1) is 11.8 Å². The van der Waals surface area contributed by atoms with E-state index in [1.165, 1.54) is 20.0 Å². The van der Waals surface area contributed by atoms with Gasteiger partial charge in [-0.3, -0.25) is 4.79 Å². The molecular weight excluding hydrogens is 244 g/mol. The van der Waals surface area contributed by atoms with E-state index in [9.17, 15) is 4.79 Å². The van der Waals surface area contributed by atoms with E-state index >= 15 is 0 Å². The number of alkyl halides is 1. The molecule has 2 atom stereocenters. The van der Waals surface area contributed by atoms with Crippen molar-refractivity contribution in [3.05, 3.63) is 0 Å². The third-order valence-electron chi connectivity index (χ3n) is 2.40. The molecule has 84 valence electrons. The maximum Gasteiger partial charge on any atom is 0.305 e. The van der Waals surface area contributed by atoms with Gasteiger partial charge in [-0.25, -0.2) is 0 Å². The van der Waals surface area contributed by atoms with Gasteiger partial charge < -0.3 is 4.74 Å². The van der Waals surface area contributed by atoms with Gasteiger partial charge in [0.15, 0.2) is 0 Å². The van der Waals surface area contributed by atoms with Crippen LogP contribution in [0.1, 0.15) is 39.5 Å². The number of hydrogen-bond donors (Lipinski definition) is 0. The Kier molecular flexibility index (Phi) is 8.24. The van der Waals surface area contributed by atoms with Crippen molar-refractivity contribution in [1.29, 1.82) is 0 Å². The minimum atomic E-state index is -0.0916. The highest BCUT2D eigenvalue weighted by Gasteiger charge is 2.09. The minimum absolute atomic E-state index is 0.0916. The second-order valence-corrected chi connectivity index (χ2v) is 4.72. The predicted octanol–water partition coefficient (Wildman–Crippen LogP) is 3.39. The molecule has 0 fully saturated rings. The van der Waals surface area contributed by atoms with E-state index in [0.717, 1.165) is 17.7 Å². The highest BCUT2D eigenvalue weighted by Crippen LogP contribution is 2.16. The molecule has 0 aromatic rings. The molecular formula is C11H21BrO2. The molecule has 3 heteroatoms. The van der Waals surface area contributed by atoms with E-state index in [-0.39, 0.29) is 5.97 Å². The van der Waals surface area contributed by atoms with Gasteiger partial charge >= 0.3 is 5.97 Å². The fourth-order valence-corrected chi connectivity index (χ4v) is 1.69. The molecule has 0 spiro atoms. The number of rotatable bonds is 7. The van der Waals surface area contributed by atoms with Gasteiger partial charge in [-0.15, -0.1) is 0 Å². The third kappa shape index (κ3) is 7.36. The summed E-state index contributed by atoms with van der Waals surface area (Å²) in [5.74, 6) is 1.09. The van der Waals surface area contributed by atoms with Crippen LogP contribution in [0.3, 0.4) is 0 Å². The van der Waals surface area contributed by atoms with Crippen molar-refractivity contribution in [2.45, 2.75) is 39.5 Å². The van der Waals surface area contributed by atoms with E-state index in [2.05, 4.69) is 34.5 Å². The summed E-state index contributed by atoms with van der Waals surface area (Å²) >= 11 is 3.46. The molecule has 0 bridgehead atoms. The van der Waals surface area contributed by atoms with E-state index in [4.69, 9.17) is 0 Å². The van der Waals surface area contributed by atoms with Gasteiger partial charge in [0, 0.05) is 11.8 Å². The lowest BCUT2D eigenvalue weighted by molar-refractivity contribution is -0.141. The zero-order valence-corrected chi connectivity index (χ0v) is 11.0. The summed E-state index contributed by atoms with van der Waals surface area (Å²) < 4.78 is 4.62. The van der Waals surface area contributed by atoms with Crippen LogP contribution in [0.15, 0.2) is 0 Å². The van der Waals surface area contributed by atoms with Crippen molar-refractivity contribution in [3.8, 4) is 0 Å². The Morgan fingerprint density at radius 1 is 1.29 bits per heavy atom. The summed E-state index contributed by atoms with van der Waals surface area (Å²) in [5, 5.41) is 1.07. The lowest BCUT2D eigenvalue weighted by Crippen LogP contribution is -2.07. The van der Waals surface area contributed by atoms with Crippen LogP contribution in [-0.4, -0.2) is 18.4 Å². The topological polar surface area (TPSA) is 26.3 Å². The summed E-state index contributed by atoms with van der Waals surface area (Å²) in [6.45, 7) is 4.34. The van der Waals surface area contributed by atoms with Crippen molar-refractivity contribution in [3.63, 3.8) is 0 Å². The van der Waals surface area contributed by atoms with Crippen LogP contribution in [0.5, 0.6) is 0 Å². The number of esters is 1. The Hall–Kier alpha value is -0.0500. The molecule has 0 rings (SSSR count). The average Bonchev–Trinajstić information content (AvgIpc) is 2.17. The maximum atomic E-state index is 10.9. The molecule has 0 unspecified atom stereocenters. The molecule has 0 aromatic heterocycles. The first kappa shape index (κ1) is 13.9. The molecule has 0 radical (unpaired) electrons. The molecule has 0 heterocycles. The van der Waals surface area contributed by atoms with Gasteiger partial charge in [0.05, 0.1) is 7.11 Å². The van der Waals surface area contributed by atoms with Crippen LogP contribution in [0.25, 0.3) is 0 Å². The second-order valence-electron chi connectivity index (χ2n) is 4.08. The monoisotopic (exact) mass is 264 g/mol. The minimum Gasteiger partial charge on any atom is -0.469 e. The molecule has 0 amide bonds. The third-order valence-corrected chi connectivity index (χ3v) is 3.51. The van der Waals surface area contributed by atoms with Gasteiger partial charge in [0.25, 0.3) is 0 Å². The Balaban J connectivity index is 3.44. The van der Waals surface area contributed by atoms with E-state index in [1.807, 2.05) is 0 Å². The average molecular weight is 265 g/mol. The zero-order chi connectivity index (χ0) is 11.0. The van der Waals surface area contributed by atoms with Crippen molar-refractivity contribution in [2.75, 3.05) is 12.4 Å². The number of hydrogen-bond acceptors (Lipinski definition) is 2. The normalized spacial score (nSPS) is 14.9. The van der Waals surface area contributed by atoms with Crippen LogP contribution in [-0.2, 0) is 9.53 Å². The second kappa shape index (κ2) is 8.27. The largest absolute Gasteiger partial charge is 0.469 e. The summed E-state index contributed by atoms with van der Waals surface area (Å²) in [4.78, 5) is 10.9. The predicted molar refractivity (Wildman–Crippen MR) is 62.6 cm³/mol. The lowest BCUT2D eigenvalue weighted by atomic mass is 9.97. The number of ether oxygens (including phenoxy) is 1. The molecule has 0 aromatic carbocycles. The Morgan fingerprint density at radius 3 is 2.36 bits per heavy atom. The van der Waals surface area contributed by atoms with Gasteiger partial charge in [-0.2, -0.15) is 0 Å². The Morgan fingerprint density at radius 2 is 1.86 bits per heavy atom. The SMILES string of the molecule is COC(=O)C[C@H](C)CCC[C@H](C)CBr. The highest BCUT2D eigenvalue weighted by atomic mass is 79.9. The van der Waals surface area contributed by atoms with Crippen molar-refractivity contribution < 1.29 is 9.53 Å². The molecule has 14 heavy (non-hydrogen) atoms. The Labute approximate surface area is 95.5 Å². The number of methoxy groups -OCH3 is 1. The van der Waals surface area contributed by atoms with Crippen LogP contribution in [0.4, 0.5) is 0 Å².